The highest BCUT2D eigenvalue weighted by molar-refractivity contribution is 5.93. The predicted molar refractivity (Wildman–Crippen MR) is 171 cm³/mol. The Balaban J connectivity index is 1.42. The summed E-state index contributed by atoms with van der Waals surface area (Å²) >= 11 is 0. The van der Waals surface area contributed by atoms with Gasteiger partial charge < -0.3 is 25.3 Å². The molecule has 2 aromatic rings. The van der Waals surface area contributed by atoms with Crippen molar-refractivity contribution < 1.29 is 29.0 Å². The van der Waals surface area contributed by atoms with Crippen molar-refractivity contribution in [3.05, 3.63) is 54.1 Å². The van der Waals surface area contributed by atoms with Crippen LogP contribution in [0, 0.1) is 11.8 Å². The Morgan fingerprint density at radius 3 is 2.25 bits per heavy atom. The third-order valence-corrected chi connectivity index (χ3v) is 8.67. The number of anilines is 1. The Morgan fingerprint density at radius 2 is 1.64 bits per heavy atom. The predicted octanol–water partition coefficient (Wildman–Crippen LogP) is 6.73. The van der Waals surface area contributed by atoms with Crippen molar-refractivity contribution in [3.8, 4) is 11.1 Å². The molecule has 0 unspecified atom stereocenters. The molecule has 0 atom stereocenters. The van der Waals surface area contributed by atoms with E-state index in [1.54, 1.807) is 0 Å². The average molecular weight is 606 g/mol. The Labute approximate surface area is 260 Å². The molecule has 9 heteroatoms. The summed E-state index contributed by atoms with van der Waals surface area (Å²) in [5, 5.41) is 16.5. The van der Waals surface area contributed by atoms with Crippen molar-refractivity contribution in [1.82, 2.24) is 10.6 Å². The monoisotopic (exact) mass is 605 g/mol. The molecule has 3 N–H and O–H groups in total. The van der Waals surface area contributed by atoms with E-state index in [-0.39, 0.29) is 29.8 Å². The average Bonchev–Trinajstić information content (AvgIpc) is 2.99. The molecule has 0 radical (unpaired) electrons. The van der Waals surface area contributed by atoms with Crippen LogP contribution in [0.2, 0.25) is 0 Å². The fraction of sp³-hybridized carbons (Fsp3) is 0.543. The maximum Gasteiger partial charge on any atom is 0.412 e. The lowest BCUT2D eigenvalue weighted by atomic mass is 9.82. The number of hydrogen-bond acceptors (Lipinski definition) is 5. The summed E-state index contributed by atoms with van der Waals surface area (Å²) < 4.78 is 5.40. The number of rotatable bonds is 10. The minimum absolute atomic E-state index is 0.0264. The van der Waals surface area contributed by atoms with E-state index in [1.165, 1.54) is 4.90 Å². The molecule has 2 fully saturated rings. The molecule has 2 saturated carbocycles. The van der Waals surface area contributed by atoms with Crippen molar-refractivity contribution in [2.75, 3.05) is 11.4 Å². The van der Waals surface area contributed by atoms with E-state index in [1.807, 2.05) is 69.3 Å². The molecule has 44 heavy (non-hydrogen) atoms. The lowest BCUT2D eigenvalue weighted by Gasteiger charge is -2.36. The van der Waals surface area contributed by atoms with Crippen LogP contribution in [-0.4, -0.2) is 53.7 Å². The van der Waals surface area contributed by atoms with Gasteiger partial charge in [0.15, 0.2) is 0 Å². The highest BCUT2D eigenvalue weighted by atomic mass is 16.6. The third-order valence-electron chi connectivity index (χ3n) is 8.67. The van der Waals surface area contributed by atoms with Gasteiger partial charge in [-0.25, -0.2) is 9.59 Å². The van der Waals surface area contributed by atoms with Gasteiger partial charge in [-0.15, -0.1) is 0 Å². The van der Waals surface area contributed by atoms with Gasteiger partial charge in [-0.2, -0.15) is 0 Å². The number of nitrogens with one attached hydrogen (secondary N) is 2. The number of carbonyl (C=O) groups excluding carboxylic acids is 3. The summed E-state index contributed by atoms with van der Waals surface area (Å²) in [6, 6.07) is 15.5. The number of carboxylic acid groups (broad SMARTS) is 1. The lowest BCUT2D eigenvalue weighted by Crippen LogP contribution is -2.47. The van der Waals surface area contributed by atoms with Gasteiger partial charge in [-0.1, -0.05) is 42.5 Å². The zero-order valence-electron chi connectivity index (χ0n) is 26.2. The van der Waals surface area contributed by atoms with Crippen LogP contribution in [0.5, 0.6) is 0 Å². The highest BCUT2D eigenvalue weighted by Crippen LogP contribution is 2.37. The first-order chi connectivity index (χ1) is 21.0. The van der Waals surface area contributed by atoms with Gasteiger partial charge in [0.2, 0.25) is 5.91 Å². The second-order valence-corrected chi connectivity index (χ2v) is 13.2. The van der Waals surface area contributed by atoms with Crippen LogP contribution in [0.15, 0.2) is 48.5 Å². The van der Waals surface area contributed by atoms with Gasteiger partial charge in [-0.3, -0.25) is 9.69 Å². The summed E-state index contributed by atoms with van der Waals surface area (Å²) in [7, 11) is 0. The topological polar surface area (TPSA) is 125 Å². The maximum absolute atomic E-state index is 12.8. The minimum Gasteiger partial charge on any atom is -0.465 e. The molecule has 2 aliphatic rings. The number of carbonyl (C=O) groups is 4. The number of aldehydes is 1. The van der Waals surface area contributed by atoms with Crippen LogP contribution < -0.4 is 15.5 Å². The van der Waals surface area contributed by atoms with Crippen molar-refractivity contribution in [3.63, 3.8) is 0 Å². The van der Waals surface area contributed by atoms with Crippen LogP contribution >= 0.6 is 0 Å². The molecule has 2 aromatic carbocycles. The summed E-state index contributed by atoms with van der Waals surface area (Å²) in [5.41, 5.74) is 2.87. The second-order valence-electron chi connectivity index (χ2n) is 13.2. The molecule has 238 valence electrons. The normalized spacial score (nSPS) is 22.0. The van der Waals surface area contributed by atoms with Gasteiger partial charge in [-0.05, 0) is 102 Å². The van der Waals surface area contributed by atoms with E-state index in [9.17, 15) is 24.3 Å². The largest absolute Gasteiger partial charge is 0.465 e. The van der Waals surface area contributed by atoms with Crippen molar-refractivity contribution >= 4 is 30.1 Å². The van der Waals surface area contributed by atoms with Gasteiger partial charge in [0.05, 0.1) is 5.69 Å². The number of aryl methyl sites for hydroxylation is 1. The van der Waals surface area contributed by atoms with E-state index >= 15 is 0 Å². The molecule has 0 heterocycles. The zero-order valence-corrected chi connectivity index (χ0v) is 26.2. The SMILES string of the molecule is CC(C)(C)OC(=O)N[C@H]1CC[C@H](N(C(=O)O)c2cc(CCCNC(=O)[C@H]3CC[C@H](C=O)CC3)ccc2-c2ccccc2)CC1. The second kappa shape index (κ2) is 15.2. The van der Waals surface area contributed by atoms with Crippen LogP contribution in [0.25, 0.3) is 11.1 Å². The van der Waals surface area contributed by atoms with E-state index < -0.39 is 17.8 Å². The standard InChI is InChI=1S/C35H47N3O6/c1-35(2,3)44-33(41)37-28-16-18-29(19-17-28)38(34(42)43)31-22-24(13-20-30(31)26-9-5-4-6-10-26)8-7-21-36-32(40)27-14-11-25(23-39)12-15-27/h4-6,9-10,13,20,22-23,25,27-29H,7-8,11-12,14-19,21H2,1-3H3,(H,36,40)(H,37,41)(H,42,43)/t25-,27-,28-,29-. The van der Waals surface area contributed by atoms with Crippen LogP contribution in [0.3, 0.4) is 0 Å². The lowest BCUT2D eigenvalue weighted by molar-refractivity contribution is -0.127. The molecule has 0 aliphatic heterocycles. The summed E-state index contributed by atoms with van der Waals surface area (Å²) in [4.78, 5) is 50.2. The summed E-state index contributed by atoms with van der Waals surface area (Å²) in [6.45, 7) is 6.02. The van der Waals surface area contributed by atoms with Crippen LogP contribution in [0.1, 0.15) is 84.1 Å². The number of nitrogens with zero attached hydrogens (tertiary/aromatic N) is 1. The van der Waals surface area contributed by atoms with Crippen LogP contribution in [-0.2, 0) is 20.7 Å². The molecule has 3 amide bonds. The molecular weight excluding hydrogens is 558 g/mol. The third kappa shape index (κ3) is 9.31. The summed E-state index contributed by atoms with van der Waals surface area (Å²) in [5.74, 6) is 0.117. The van der Waals surface area contributed by atoms with Crippen molar-refractivity contribution in [2.45, 2.75) is 103 Å². The zero-order chi connectivity index (χ0) is 31.7. The fourth-order valence-corrected chi connectivity index (χ4v) is 6.37. The molecule has 0 saturated heterocycles. The quantitative estimate of drug-likeness (QED) is 0.204. The number of benzene rings is 2. The number of amides is 3. The van der Waals surface area contributed by atoms with E-state index in [4.69, 9.17) is 4.74 Å². The molecule has 2 aliphatic carbocycles. The molecule has 0 aromatic heterocycles. The molecule has 4 rings (SSSR count). The van der Waals surface area contributed by atoms with Crippen LogP contribution in [0.4, 0.5) is 15.3 Å². The Kier molecular flexibility index (Phi) is 11.4. The minimum atomic E-state index is -1.00. The molecule has 0 spiro atoms. The van der Waals surface area contributed by atoms with Crippen molar-refractivity contribution in [1.29, 1.82) is 0 Å². The molecule has 9 nitrogen and oxygen atoms in total. The van der Waals surface area contributed by atoms with E-state index in [0.717, 1.165) is 55.1 Å². The Morgan fingerprint density at radius 1 is 0.955 bits per heavy atom. The first-order valence-corrected chi connectivity index (χ1v) is 16.0. The fourth-order valence-electron chi connectivity index (χ4n) is 6.37. The Bertz CT molecular complexity index is 1280. The maximum atomic E-state index is 12.8. The number of ether oxygens (including phenoxy) is 1. The van der Waals surface area contributed by atoms with E-state index in [0.29, 0.717) is 44.3 Å². The molecule has 0 bridgehead atoms. The first-order valence-electron chi connectivity index (χ1n) is 16.0. The summed E-state index contributed by atoms with van der Waals surface area (Å²) in [6.07, 6.45) is 6.59. The van der Waals surface area contributed by atoms with Gasteiger partial charge in [0.1, 0.15) is 11.9 Å². The highest BCUT2D eigenvalue weighted by Gasteiger charge is 2.33. The van der Waals surface area contributed by atoms with Crippen molar-refractivity contribution in [2.24, 2.45) is 11.8 Å². The van der Waals surface area contributed by atoms with Gasteiger partial charge >= 0.3 is 12.2 Å². The number of hydrogen-bond donors (Lipinski definition) is 3. The smallest absolute Gasteiger partial charge is 0.412 e. The molecular formula is C35H47N3O6. The Hall–Kier alpha value is -3.88. The van der Waals surface area contributed by atoms with E-state index in [2.05, 4.69) is 10.6 Å². The van der Waals surface area contributed by atoms with Gasteiger partial charge in [0, 0.05) is 36.0 Å². The number of alkyl carbamates (subject to hydrolysis) is 1. The van der Waals surface area contributed by atoms with Gasteiger partial charge in [0.25, 0.3) is 0 Å². The first kappa shape index (κ1) is 33.0.